The quantitative estimate of drug-likeness (QED) is 0.294. The van der Waals surface area contributed by atoms with Gasteiger partial charge in [0.25, 0.3) is 5.91 Å². The normalized spacial score (nSPS) is 10.1. The maximum absolute atomic E-state index is 11.7. The number of unbranched alkanes of at least 4 members (excludes halogenated alkanes) is 4. The number of amides is 2. The Morgan fingerprint density at radius 3 is 2.58 bits per heavy atom. The molecule has 9 heteroatoms. The van der Waals surface area contributed by atoms with Gasteiger partial charge in [-0.25, -0.2) is 0 Å². The number of thiocarbonyl (C=S) groups is 1. The first-order valence-electron chi connectivity index (χ1n) is 8.39. The zero-order chi connectivity index (χ0) is 19.4. The van der Waals surface area contributed by atoms with Gasteiger partial charge >= 0.3 is 0 Å². The van der Waals surface area contributed by atoms with Crippen LogP contribution in [0.25, 0.3) is 0 Å². The Bertz CT molecular complexity index is 631. The van der Waals surface area contributed by atoms with Gasteiger partial charge in [0.2, 0.25) is 5.91 Å². The van der Waals surface area contributed by atoms with Crippen molar-refractivity contribution in [1.29, 1.82) is 0 Å². The van der Waals surface area contributed by atoms with Crippen LogP contribution in [0.2, 0.25) is 5.02 Å². The number of halogens is 2. The summed E-state index contributed by atoms with van der Waals surface area (Å²) < 4.78 is 6.13. The van der Waals surface area contributed by atoms with Gasteiger partial charge in [-0.1, -0.05) is 60.1 Å². The molecule has 0 fully saturated rings. The molecule has 0 bridgehead atoms. The fourth-order valence-corrected chi connectivity index (χ4v) is 2.90. The van der Waals surface area contributed by atoms with Crippen molar-refractivity contribution in [2.45, 2.75) is 45.4 Å². The molecule has 0 saturated carbocycles. The Balaban J connectivity index is 2.19. The van der Waals surface area contributed by atoms with Crippen molar-refractivity contribution >= 4 is 56.7 Å². The average molecular weight is 465 g/mol. The van der Waals surface area contributed by atoms with Crippen LogP contribution in [0.4, 0.5) is 0 Å². The summed E-state index contributed by atoms with van der Waals surface area (Å²) in [5.41, 5.74) is 4.81. The van der Waals surface area contributed by atoms with Crippen LogP contribution in [0.1, 0.15) is 45.4 Å². The highest BCUT2D eigenvalue weighted by Gasteiger charge is 2.08. The minimum Gasteiger partial charge on any atom is -0.482 e. The van der Waals surface area contributed by atoms with Crippen LogP contribution >= 0.6 is 39.7 Å². The molecular weight excluding hydrogens is 442 g/mol. The van der Waals surface area contributed by atoms with Crippen LogP contribution in [0.15, 0.2) is 22.7 Å². The Hall–Kier alpha value is -1.38. The van der Waals surface area contributed by atoms with E-state index in [1.807, 2.05) is 0 Å². The molecule has 0 aliphatic carbocycles. The monoisotopic (exact) mass is 463 g/mol. The molecule has 0 saturated heterocycles. The third-order valence-corrected chi connectivity index (χ3v) is 4.32. The molecule has 0 aromatic heterocycles. The molecule has 2 amide bonds. The first kappa shape index (κ1) is 22.7. The molecule has 0 unspecified atom stereocenters. The van der Waals surface area contributed by atoms with Gasteiger partial charge in [0.1, 0.15) is 5.75 Å². The molecule has 0 aliphatic rings. The van der Waals surface area contributed by atoms with E-state index in [4.69, 9.17) is 28.6 Å². The first-order valence-corrected chi connectivity index (χ1v) is 9.96. The second-order valence-corrected chi connectivity index (χ2v) is 7.31. The summed E-state index contributed by atoms with van der Waals surface area (Å²) in [5, 5.41) is 2.95. The van der Waals surface area contributed by atoms with Crippen molar-refractivity contribution in [3.8, 4) is 5.75 Å². The van der Waals surface area contributed by atoms with Crippen LogP contribution in [0.5, 0.6) is 5.75 Å². The number of nitrogens with one attached hydrogen (secondary N) is 3. The van der Waals surface area contributed by atoms with Crippen molar-refractivity contribution in [3.05, 3.63) is 27.7 Å². The largest absolute Gasteiger partial charge is 0.482 e. The molecule has 0 aliphatic heterocycles. The molecule has 0 radical (unpaired) electrons. The highest BCUT2D eigenvalue weighted by Crippen LogP contribution is 2.27. The van der Waals surface area contributed by atoms with Gasteiger partial charge in [-0.3, -0.25) is 20.4 Å². The predicted molar refractivity (Wildman–Crippen MR) is 110 cm³/mol. The van der Waals surface area contributed by atoms with Gasteiger partial charge in [-0.05, 0) is 36.8 Å². The lowest BCUT2D eigenvalue weighted by Crippen LogP contribution is -2.49. The molecule has 6 nitrogen and oxygen atoms in total. The number of carbonyl (C=O) groups is 2. The summed E-state index contributed by atoms with van der Waals surface area (Å²) in [6.07, 6.45) is 5.73. The molecule has 0 atom stereocenters. The van der Waals surface area contributed by atoms with Crippen molar-refractivity contribution in [2.24, 2.45) is 0 Å². The van der Waals surface area contributed by atoms with E-state index in [0.717, 1.165) is 30.2 Å². The smallest absolute Gasteiger partial charge is 0.276 e. The highest BCUT2D eigenvalue weighted by atomic mass is 79.9. The van der Waals surface area contributed by atoms with E-state index in [2.05, 4.69) is 39.0 Å². The molecular formula is C17H23BrClN3O3S. The Labute approximate surface area is 172 Å². The maximum atomic E-state index is 11.7. The third-order valence-electron chi connectivity index (χ3n) is 3.33. The summed E-state index contributed by atoms with van der Waals surface area (Å²) in [5.74, 6) is -0.240. The van der Waals surface area contributed by atoms with Crippen LogP contribution in [0, 0.1) is 0 Å². The number of hydrazine groups is 1. The summed E-state index contributed by atoms with van der Waals surface area (Å²) in [6, 6.07) is 5.07. The van der Waals surface area contributed by atoms with Gasteiger partial charge in [-0.15, -0.1) is 0 Å². The van der Waals surface area contributed by atoms with Crippen LogP contribution in [-0.4, -0.2) is 23.5 Å². The lowest BCUT2D eigenvalue weighted by atomic mass is 10.1. The Kier molecular flexibility index (Phi) is 11.2. The molecule has 1 aromatic rings. The van der Waals surface area contributed by atoms with Gasteiger partial charge in [-0.2, -0.15) is 0 Å². The van der Waals surface area contributed by atoms with E-state index in [9.17, 15) is 9.59 Å². The van der Waals surface area contributed by atoms with Crippen molar-refractivity contribution in [1.82, 2.24) is 16.2 Å². The van der Waals surface area contributed by atoms with E-state index in [-0.39, 0.29) is 17.6 Å². The molecule has 3 N–H and O–H groups in total. The third kappa shape index (κ3) is 9.94. The molecule has 26 heavy (non-hydrogen) atoms. The maximum Gasteiger partial charge on any atom is 0.276 e. The summed E-state index contributed by atoms with van der Waals surface area (Å²) in [7, 11) is 0. The Morgan fingerprint density at radius 1 is 1.15 bits per heavy atom. The fraction of sp³-hybridized carbons (Fsp3) is 0.471. The molecule has 1 aromatic carbocycles. The minimum atomic E-state index is -0.458. The second kappa shape index (κ2) is 12.9. The van der Waals surface area contributed by atoms with Gasteiger partial charge < -0.3 is 10.1 Å². The van der Waals surface area contributed by atoms with Crippen molar-refractivity contribution in [2.75, 3.05) is 6.61 Å². The molecule has 1 rings (SSSR count). The standard InChI is InChI=1S/C17H23BrClN3O3S/c1-2-3-4-5-6-7-15(23)20-17(26)22-21-16(24)11-25-14-9-8-12(18)10-13(14)19/h8-10H,2-7,11H2,1H3,(H,21,24)(H2,20,22,23,26). The van der Waals surface area contributed by atoms with Crippen molar-refractivity contribution in [3.63, 3.8) is 0 Å². The van der Waals surface area contributed by atoms with E-state index >= 15 is 0 Å². The van der Waals surface area contributed by atoms with Gasteiger partial charge in [0, 0.05) is 10.9 Å². The summed E-state index contributed by atoms with van der Waals surface area (Å²) in [4.78, 5) is 23.4. The number of ether oxygens (including phenoxy) is 1. The second-order valence-electron chi connectivity index (χ2n) is 5.58. The number of hydrogen-bond donors (Lipinski definition) is 3. The molecule has 144 valence electrons. The Morgan fingerprint density at radius 2 is 1.88 bits per heavy atom. The average Bonchev–Trinajstić information content (AvgIpc) is 2.59. The highest BCUT2D eigenvalue weighted by molar-refractivity contribution is 9.10. The first-order chi connectivity index (χ1) is 12.4. The van der Waals surface area contributed by atoms with Crippen LogP contribution in [-0.2, 0) is 9.59 Å². The fourth-order valence-electron chi connectivity index (χ4n) is 2.01. The zero-order valence-corrected chi connectivity index (χ0v) is 17.7. The number of carbonyl (C=O) groups excluding carboxylic acids is 2. The minimum absolute atomic E-state index is 0.0404. The van der Waals surface area contributed by atoms with Gasteiger partial charge in [0.15, 0.2) is 11.7 Å². The lowest BCUT2D eigenvalue weighted by molar-refractivity contribution is -0.124. The molecule has 0 heterocycles. The zero-order valence-electron chi connectivity index (χ0n) is 14.6. The van der Waals surface area contributed by atoms with E-state index in [0.29, 0.717) is 17.2 Å². The van der Waals surface area contributed by atoms with Crippen molar-refractivity contribution < 1.29 is 14.3 Å². The van der Waals surface area contributed by atoms with Crippen LogP contribution in [0.3, 0.4) is 0 Å². The number of rotatable bonds is 9. The topological polar surface area (TPSA) is 79.5 Å². The van der Waals surface area contributed by atoms with Crippen LogP contribution < -0.4 is 20.9 Å². The van der Waals surface area contributed by atoms with Gasteiger partial charge in [0.05, 0.1) is 5.02 Å². The number of hydrogen-bond acceptors (Lipinski definition) is 4. The van der Waals surface area contributed by atoms with E-state index < -0.39 is 5.91 Å². The summed E-state index contributed by atoms with van der Waals surface area (Å²) >= 11 is 14.2. The lowest BCUT2D eigenvalue weighted by Gasteiger charge is -2.12. The number of benzene rings is 1. The SMILES string of the molecule is CCCCCCCC(=O)NC(=S)NNC(=O)COc1ccc(Br)cc1Cl. The predicted octanol–water partition coefficient (Wildman–Crippen LogP) is 3.86. The summed E-state index contributed by atoms with van der Waals surface area (Å²) in [6.45, 7) is 1.89. The van der Waals surface area contributed by atoms with E-state index in [1.165, 1.54) is 6.42 Å². The molecule has 0 spiro atoms. The van der Waals surface area contributed by atoms with E-state index in [1.54, 1.807) is 18.2 Å².